The molecule has 0 unspecified atom stereocenters. The quantitative estimate of drug-likeness (QED) is 0.722. The van der Waals surface area contributed by atoms with Gasteiger partial charge in [0, 0.05) is 22.0 Å². The van der Waals surface area contributed by atoms with E-state index in [4.69, 9.17) is 0 Å². The summed E-state index contributed by atoms with van der Waals surface area (Å²) in [6, 6.07) is 18.4. The number of nitrogens with one attached hydrogen (secondary N) is 2. The van der Waals surface area contributed by atoms with Crippen molar-refractivity contribution in [3.8, 4) is 0 Å². The average molecular weight is 369 g/mol. The number of para-hydroxylation sites is 1. The van der Waals surface area contributed by atoms with E-state index in [1.54, 1.807) is 12.3 Å². The maximum atomic E-state index is 12.2. The first-order chi connectivity index (χ1) is 11.2. The number of rotatable bonds is 4. The van der Waals surface area contributed by atoms with Crippen molar-refractivity contribution < 1.29 is 4.79 Å². The second kappa shape index (κ2) is 7.02. The predicted molar refractivity (Wildman–Crippen MR) is 93.9 cm³/mol. The first kappa shape index (κ1) is 15.2. The Morgan fingerprint density at radius 1 is 0.957 bits per heavy atom. The number of anilines is 3. The summed E-state index contributed by atoms with van der Waals surface area (Å²) in [6.45, 7) is 0. The zero-order valence-electron chi connectivity index (χ0n) is 12.0. The minimum atomic E-state index is -0.282. The van der Waals surface area contributed by atoms with Crippen LogP contribution in [0, 0.1) is 0 Å². The molecule has 0 saturated carbocycles. The number of carbonyl (C=O) groups is 1. The molecule has 23 heavy (non-hydrogen) atoms. The van der Waals surface area contributed by atoms with Gasteiger partial charge in [-0.1, -0.05) is 40.2 Å². The first-order valence-electron chi connectivity index (χ1n) is 6.93. The monoisotopic (exact) mass is 368 g/mol. The lowest BCUT2D eigenvalue weighted by molar-refractivity contribution is 0.102. The Balaban J connectivity index is 1.75. The van der Waals surface area contributed by atoms with Crippen LogP contribution >= 0.6 is 15.9 Å². The molecule has 6 heteroatoms. The lowest BCUT2D eigenvalue weighted by Crippen LogP contribution is -2.14. The first-order valence-corrected chi connectivity index (χ1v) is 7.72. The van der Waals surface area contributed by atoms with Gasteiger partial charge in [0.2, 0.25) is 5.95 Å². The minimum Gasteiger partial charge on any atom is -0.324 e. The highest BCUT2D eigenvalue weighted by molar-refractivity contribution is 9.10. The second-order valence-corrected chi connectivity index (χ2v) is 5.64. The number of carbonyl (C=O) groups excluding carboxylic acids is 1. The molecule has 1 heterocycles. The number of nitrogens with zero attached hydrogens (tertiary/aromatic N) is 2. The van der Waals surface area contributed by atoms with Crippen LogP contribution in [-0.2, 0) is 0 Å². The zero-order valence-corrected chi connectivity index (χ0v) is 13.6. The molecule has 0 aliphatic carbocycles. The van der Waals surface area contributed by atoms with E-state index >= 15 is 0 Å². The van der Waals surface area contributed by atoms with Gasteiger partial charge in [-0.15, -0.1) is 0 Å². The molecule has 0 saturated heterocycles. The molecule has 0 aliphatic rings. The molecule has 5 nitrogen and oxygen atoms in total. The summed E-state index contributed by atoms with van der Waals surface area (Å²) in [5.41, 5.74) is 1.85. The van der Waals surface area contributed by atoms with Crippen LogP contribution < -0.4 is 10.6 Å². The molecule has 0 aliphatic heterocycles. The van der Waals surface area contributed by atoms with E-state index in [1.165, 1.54) is 0 Å². The van der Waals surface area contributed by atoms with Crippen LogP contribution in [0.5, 0.6) is 0 Å². The van der Waals surface area contributed by atoms with Gasteiger partial charge in [-0.05, 0) is 36.4 Å². The van der Waals surface area contributed by atoms with Crippen molar-refractivity contribution in [3.63, 3.8) is 0 Å². The number of hydrogen-bond donors (Lipinski definition) is 2. The van der Waals surface area contributed by atoms with Crippen molar-refractivity contribution in [2.45, 2.75) is 0 Å². The lowest BCUT2D eigenvalue weighted by Gasteiger charge is -2.07. The fraction of sp³-hybridized carbons (Fsp3) is 0. The fourth-order valence-electron chi connectivity index (χ4n) is 1.96. The Hall–Kier alpha value is -2.73. The molecule has 3 aromatic rings. The molecular formula is C17H13BrN4O. The third-order valence-electron chi connectivity index (χ3n) is 3.00. The van der Waals surface area contributed by atoms with Crippen molar-refractivity contribution in [3.05, 3.63) is 77.0 Å². The lowest BCUT2D eigenvalue weighted by atomic mass is 10.3. The van der Waals surface area contributed by atoms with E-state index in [9.17, 15) is 4.79 Å². The van der Waals surface area contributed by atoms with Crippen molar-refractivity contribution in [1.82, 2.24) is 9.97 Å². The molecule has 0 atom stereocenters. The van der Waals surface area contributed by atoms with Gasteiger partial charge in [-0.3, -0.25) is 4.79 Å². The topological polar surface area (TPSA) is 66.9 Å². The second-order valence-electron chi connectivity index (χ2n) is 4.72. The molecule has 1 aromatic heterocycles. The SMILES string of the molecule is O=C(Nc1ccccc1)c1ccnc(Nc2cccc(Br)c2)n1. The Morgan fingerprint density at radius 2 is 1.74 bits per heavy atom. The van der Waals surface area contributed by atoms with Crippen molar-refractivity contribution >= 4 is 39.2 Å². The van der Waals surface area contributed by atoms with Crippen LogP contribution in [0.3, 0.4) is 0 Å². The number of hydrogen-bond acceptors (Lipinski definition) is 4. The third kappa shape index (κ3) is 4.14. The van der Waals surface area contributed by atoms with Gasteiger partial charge in [0.15, 0.2) is 0 Å². The van der Waals surface area contributed by atoms with Crippen LogP contribution in [-0.4, -0.2) is 15.9 Å². The Kier molecular flexibility index (Phi) is 4.63. The van der Waals surface area contributed by atoms with Gasteiger partial charge in [0.05, 0.1) is 0 Å². The van der Waals surface area contributed by atoms with Crippen LogP contribution in [0.1, 0.15) is 10.5 Å². The van der Waals surface area contributed by atoms with E-state index in [0.29, 0.717) is 11.6 Å². The average Bonchev–Trinajstić information content (AvgIpc) is 2.56. The van der Waals surface area contributed by atoms with Crippen LogP contribution in [0.2, 0.25) is 0 Å². The Labute approximate surface area is 141 Å². The van der Waals surface area contributed by atoms with E-state index in [2.05, 4.69) is 36.5 Å². The van der Waals surface area contributed by atoms with Gasteiger partial charge < -0.3 is 10.6 Å². The summed E-state index contributed by atoms with van der Waals surface area (Å²) in [5, 5.41) is 5.87. The van der Waals surface area contributed by atoms with Crippen LogP contribution in [0.4, 0.5) is 17.3 Å². The smallest absolute Gasteiger partial charge is 0.274 e. The van der Waals surface area contributed by atoms with Gasteiger partial charge in [-0.25, -0.2) is 9.97 Å². The third-order valence-corrected chi connectivity index (χ3v) is 3.49. The molecular weight excluding hydrogens is 356 g/mol. The molecule has 0 bridgehead atoms. The summed E-state index contributed by atoms with van der Waals surface area (Å²) in [5.74, 6) is 0.0831. The van der Waals surface area contributed by atoms with E-state index in [0.717, 1.165) is 15.8 Å². The summed E-state index contributed by atoms with van der Waals surface area (Å²) >= 11 is 3.41. The van der Waals surface area contributed by atoms with E-state index in [-0.39, 0.29) is 5.91 Å². The fourth-order valence-corrected chi connectivity index (χ4v) is 2.36. The minimum absolute atomic E-state index is 0.282. The van der Waals surface area contributed by atoms with Gasteiger partial charge in [0.1, 0.15) is 5.69 Å². The molecule has 3 rings (SSSR count). The molecule has 0 radical (unpaired) electrons. The largest absolute Gasteiger partial charge is 0.324 e. The van der Waals surface area contributed by atoms with Crippen molar-refractivity contribution in [2.75, 3.05) is 10.6 Å². The van der Waals surface area contributed by atoms with Crippen molar-refractivity contribution in [1.29, 1.82) is 0 Å². The van der Waals surface area contributed by atoms with Crippen LogP contribution in [0.25, 0.3) is 0 Å². The molecule has 0 spiro atoms. The number of benzene rings is 2. The number of halogens is 1. The Bertz CT molecular complexity index is 824. The zero-order chi connectivity index (χ0) is 16.1. The van der Waals surface area contributed by atoms with Gasteiger partial charge in [0.25, 0.3) is 5.91 Å². The summed E-state index contributed by atoms with van der Waals surface area (Å²) in [6.07, 6.45) is 1.55. The molecule has 0 fully saturated rings. The highest BCUT2D eigenvalue weighted by atomic mass is 79.9. The normalized spacial score (nSPS) is 10.1. The summed E-state index contributed by atoms with van der Waals surface area (Å²) in [7, 11) is 0. The molecule has 2 N–H and O–H groups in total. The summed E-state index contributed by atoms with van der Waals surface area (Å²) < 4.78 is 0.945. The maximum Gasteiger partial charge on any atom is 0.274 e. The van der Waals surface area contributed by atoms with Crippen LogP contribution in [0.15, 0.2) is 71.3 Å². The van der Waals surface area contributed by atoms with E-state index < -0.39 is 0 Å². The van der Waals surface area contributed by atoms with Gasteiger partial charge >= 0.3 is 0 Å². The number of aromatic nitrogens is 2. The summed E-state index contributed by atoms with van der Waals surface area (Å²) in [4.78, 5) is 20.6. The predicted octanol–water partition coefficient (Wildman–Crippen LogP) is 4.24. The Morgan fingerprint density at radius 3 is 2.52 bits per heavy atom. The molecule has 114 valence electrons. The molecule has 1 amide bonds. The maximum absolute atomic E-state index is 12.2. The highest BCUT2D eigenvalue weighted by Crippen LogP contribution is 2.18. The standard InChI is InChI=1S/C17H13BrN4O/c18-12-5-4-8-14(11-12)21-17-19-10-9-15(22-17)16(23)20-13-6-2-1-3-7-13/h1-11H,(H,20,23)(H,19,21,22). The van der Waals surface area contributed by atoms with E-state index in [1.807, 2.05) is 54.6 Å². The number of amides is 1. The highest BCUT2D eigenvalue weighted by Gasteiger charge is 2.09. The van der Waals surface area contributed by atoms with Gasteiger partial charge in [-0.2, -0.15) is 0 Å². The molecule has 2 aromatic carbocycles. The van der Waals surface area contributed by atoms with Crippen molar-refractivity contribution in [2.24, 2.45) is 0 Å².